The van der Waals surface area contributed by atoms with Gasteiger partial charge in [-0.3, -0.25) is 4.98 Å². The van der Waals surface area contributed by atoms with E-state index in [1.807, 2.05) is 0 Å². The van der Waals surface area contributed by atoms with Crippen LogP contribution < -0.4 is 5.32 Å². The van der Waals surface area contributed by atoms with Gasteiger partial charge in [-0.25, -0.2) is 4.39 Å². The van der Waals surface area contributed by atoms with Gasteiger partial charge in [0.25, 0.3) is 0 Å². The monoisotopic (exact) mass is 238 g/mol. The van der Waals surface area contributed by atoms with Crippen molar-refractivity contribution < 1.29 is 4.39 Å². The highest BCUT2D eigenvalue weighted by Crippen LogP contribution is 2.14. The molecule has 0 fully saturated rings. The Morgan fingerprint density at radius 3 is 2.53 bits per heavy atom. The second-order valence-corrected chi connectivity index (χ2v) is 4.94. The average molecular weight is 238 g/mol. The number of nitrogens with zero attached hydrogens (tertiary/aromatic N) is 1. The van der Waals surface area contributed by atoms with E-state index in [2.05, 4.69) is 38.0 Å². The van der Waals surface area contributed by atoms with Crippen LogP contribution in [0.4, 0.5) is 4.39 Å². The fourth-order valence-electron chi connectivity index (χ4n) is 1.99. The molecular weight excluding hydrogens is 215 g/mol. The summed E-state index contributed by atoms with van der Waals surface area (Å²) >= 11 is 0. The zero-order chi connectivity index (χ0) is 12.8. The van der Waals surface area contributed by atoms with Gasteiger partial charge in [-0.1, -0.05) is 20.3 Å². The van der Waals surface area contributed by atoms with Gasteiger partial charge in [0.15, 0.2) is 0 Å². The molecule has 0 aliphatic heterocycles. The van der Waals surface area contributed by atoms with Crippen LogP contribution in [-0.2, 0) is 0 Å². The van der Waals surface area contributed by atoms with Crippen molar-refractivity contribution in [2.75, 3.05) is 0 Å². The van der Waals surface area contributed by atoms with E-state index in [4.69, 9.17) is 0 Å². The van der Waals surface area contributed by atoms with Gasteiger partial charge in [-0.2, -0.15) is 0 Å². The Kier molecular flexibility index (Phi) is 5.56. The molecule has 96 valence electrons. The fourth-order valence-corrected chi connectivity index (χ4v) is 1.99. The van der Waals surface area contributed by atoms with Crippen molar-refractivity contribution >= 4 is 0 Å². The first-order valence-electron chi connectivity index (χ1n) is 6.40. The lowest BCUT2D eigenvalue weighted by molar-refractivity contribution is 0.382. The van der Waals surface area contributed by atoms with Crippen LogP contribution in [-0.4, -0.2) is 11.0 Å². The molecular formula is C14H23FN2. The third-order valence-corrected chi connectivity index (χ3v) is 3.18. The summed E-state index contributed by atoms with van der Waals surface area (Å²) < 4.78 is 12.7. The van der Waals surface area contributed by atoms with Crippen molar-refractivity contribution in [2.24, 2.45) is 5.92 Å². The summed E-state index contributed by atoms with van der Waals surface area (Å²) in [6.07, 6.45) is 3.63. The fraction of sp³-hybridized carbons (Fsp3) is 0.643. The zero-order valence-corrected chi connectivity index (χ0v) is 11.2. The van der Waals surface area contributed by atoms with E-state index in [9.17, 15) is 4.39 Å². The molecule has 0 radical (unpaired) electrons. The summed E-state index contributed by atoms with van der Waals surface area (Å²) in [4.78, 5) is 4.09. The van der Waals surface area contributed by atoms with Gasteiger partial charge in [0.1, 0.15) is 5.82 Å². The molecule has 17 heavy (non-hydrogen) atoms. The van der Waals surface area contributed by atoms with Gasteiger partial charge in [-0.05, 0) is 38.3 Å². The largest absolute Gasteiger partial charge is 0.306 e. The molecule has 0 spiro atoms. The Labute approximate surface area is 104 Å². The van der Waals surface area contributed by atoms with Crippen LogP contribution in [0.3, 0.4) is 0 Å². The molecule has 0 aliphatic rings. The molecule has 0 aliphatic carbocycles. The summed E-state index contributed by atoms with van der Waals surface area (Å²) in [6, 6.07) is 3.81. The standard InChI is InChI=1S/C14H23FN2/c1-5-10(2)8-11(3)17-12(4)14-7-6-13(15)9-16-14/h6-7,9-12,17H,5,8H2,1-4H3. The molecule has 0 aromatic carbocycles. The average Bonchev–Trinajstić information content (AvgIpc) is 2.29. The Morgan fingerprint density at radius 1 is 1.29 bits per heavy atom. The van der Waals surface area contributed by atoms with Gasteiger partial charge in [0, 0.05) is 12.1 Å². The van der Waals surface area contributed by atoms with E-state index < -0.39 is 0 Å². The minimum atomic E-state index is -0.284. The van der Waals surface area contributed by atoms with Crippen LogP contribution in [0.25, 0.3) is 0 Å². The summed E-state index contributed by atoms with van der Waals surface area (Å²) in [5.74, 6) is 0.444. The third kappa shape index (κ3) is 4.82. The second kappa shape index (κ2) is 6.70. The van der Waals surface area contributed by atoms with E-state index in [1.165, 1.54) is 18.7 Å². The highest BCUT2D eigenvalue weighted by Gasteiger charge is 2.12. The van der Waals surface area contributed by atoms with Crippen LogP contribution in [0.5, 0.6) is 0 Å². The number of rotatable bonds is 6. The molecule has 3 atom stereocenters. The van der Waals surface area contributed by atoms with E-state index in [-0.39, 0.29) is 11.9 Å². The number of nitrogens with one attached hydrogen (secondary N) is 1. The van der Waals surface area contributed by atoms with Gasteiger partial charge >= 0.3 is 0 Å². The maximum atomic E-state index is 12.7. The van der Waals surface area contributed by atoms with Crippen molar-refractivity contribution in [2.45, 2.75) is 52.6 Å². The van der Waals surface area contributed by atoms with Crippen LogP contribution in [0.15, 0.2) is 18.3 Å². The maximum absolute atomic E-state index is 12.7. The minimum absolute atomic E-state index is 0.162. The van der Waals surface area contributed by atoms with Gasteiger partial charge in [-0.15, -0.1) is 0 Å². The van der Waals surface area contributed by atoms with Crippen molar-refractivity contribution in [3.05, 3.63) is 29.8 Å². The predicted molar refractivity (Wildman–Crippen MR) is 69.3 cm³/mol. The van der Waals surface area contributed by atoms with Crippen LogP contribution in [0.2, 0.25) is 0 Å². The number of hydrogen-bond donors (Lipinski definition) is 1. The Morgan fingerprint density at radius 2 is 2.00 bits per heavy atom. The van der Waals surface area contributed by atoms with Gasteiger partial charge in [0.05, 0.1) is 11.9 Å². The van der Waals surface area contributed by atoms with Crippen molar-refractivity contribution in [3.63, 3.8) is 0 Å². The lowest BCUT2D eigenvalue weighted by atomic mass is 9.99. The minimum Gasteiger partial charge on any atom is -0.306 e. The molecule has 1 heterocycles. The number of halogens is 1. The molecule has 0 saturated carbocycles. The van der Waals surface area contributed by atoms with E-state index in [1.54, 1.807) is 6.07 Å². The maximum Gasteiger partial charge on any atom is 0.141 e. The summed E-state index contributed by atoms with van der Waals surface area (Å²) in [7, 11) is 0. The molecule has 1 aromatic rings. The summed E-state index contributed by atoms with van der Waals surface area (Å²) in [5, 5.41) is 3.50. The first-order chi connectivity index (χ1) is 8.02. The molecule has 1 N–H and O–H groups in total. The lowest BCUT2D eigenvalue weighted by Crippen LogP contribution is -2.30. The quantitative estimate of drug-likeness (QED) is 0.817. The van der Waals surface area contributed by atoms with Gasteiger partial charge in [0.2, 0.25) is 0 Å². The highest BCUT2D eigenvalue weighted by atomic mass is 19.1. The lowest BCUT2D eigenvalue weighted by Gasteiger charge is -2.22. The topological polar surface area (TPSA) is 24.9 Å². The molecule has 1 aromatic heterocycles. The second-order valence-electron chi connectivity index (χ2n) is 4.94. The van der Waals surface area contributed by atoms with Crippen LogP contribution in [0.1, 0.15) is 52.3 Å². The summed E-state index contributed by atoms with van der Waals surface area (Å²) in [5.41, 5.74) is 0.891. The molecule has 0 amide bonds. The first-order valence-corrected chi connectivity index (χ1v) is 6.40. The number of aromatic nitrogens is 1. The SMILES string of the molecule is CCC(C)CC(C)NC(C)c1ccc(F)cn1. The van der Waals surface area contributed by atoms with Crippen LogP contribution >= 0.6 is 0 Å². The molecule has 3 unspecified atom stereocenters. The normalized spacial score (nSPS) is 16.5. The van der Waals surface area contributed by atoms with Gasteiger partial charge < -0.3 is 5.32 Å². The number of pyridine rings is 1. The molecule has 2 nitrogen and oxygen atoms in total. The third-order valence-electron chi connectivity index (χ3n) is 3.18. The van der Waals surface area contributed by atoms with Crippen LogP contribution in [0, 0.1) is 11.7 Å². The predicted octanol–water partition coefficient (Wildman–Crippen LogP) is 3.70. The Bertz CT molecular complexity index is 323. The first kappa shape index (κ1) is 14.1. The number of hydrogen-bond acceptors (Lipinski definition) is 2. The van der Waals surface area contributed by atoms with E-state index >= 15 is 0 Å². The molecule has 1 rings (SSSR count). The molecule has 3 heteroatoms. The van der Waals surface area contributed by atoms with Crippen molar-refractivity contribution in [1.29, 1.82) is 0 Å². The van der Waals surface area contributed by atoms with Crippen molar-refractivity contribution in [3.8, 4) is 0 Å². The van der Waals surface area contributed by atoms with Crippen molar-refractivity contribution in [1.82, 2.24) is 10.3 Å². The smallest absolute Gasteiger partial charge is 0.141 e. The summed E-state index contributed by atoms with van der Waals surface area (Å²) in [6.45, 7) is 8.72. The van der Waals surface area contributed by atoms with E-state index in [0.29, 0.717) is 6.04 Å². The zero-order valence-electron chi connectivity index (χ0n) is 11.2. The highest BCUT2D eigenvalue weighted by molar-refractivity contribution is 5.09. The molecule has 0 bridgehead atoms. The van der Waals surface area contributed by atoms with E-state index in [0.717, 1.165) is 18.0 Å². The molecule has 0 saturated heterocycles. The Hall–Kier alpha value is -0.960. The Balaban J connectivity index is 2.48.